The summed E-state index contributed by atoms with van der Waals surface area (Å²) >= 11 is 0. The molecule has 0 bridgehead atoms. The number of H-pyrrole nitrogens is 1. The molecule has 2 aliphatic rings. The lowest BCUT2D eigenvalue weighted by molar-refractivity contribution is -0.150. The van der Waals surface area contributed by atoms with E-state index in [2.05, 4.69) is 15.1 Å². The van der Waals surface area contributed by atoms with Crippen LogP contribution in [0.3, 0.4) is 0 Å². The van der Waals surface area contributed by atoms with Crippen LogP contribution in [0.1, 0.15) is 61.0 Å². The molecule has 1 amide bonds. The van der Waals surface area contributed by atoms with Gasteiger partial charge in [0.25, 0.3) is 0 Å². The lowest BCUT2D eigenvalue weighted by atomic mass is 9.81. The lowest BCUT2D eigenvalue weighted by Gasteiger charge is -2.25. The Morgan fingerprint density at radius 2 is 1.97 bits per heavy atom. The van der Waals surface area contributed by atoms with Crippen LogP contribution in [0.4, 0.5) is 19.0 Å². The van der Waals surface area contributed by atoms with Gasteiger partial charge in [-0.2, -0.15) is 18.3 Å². The van der Waals surface area contributed by atoms with Gasteiger partial charge in [-0.1, -0.05) is 12.2 Å². The van der Waals surface area contributed by atoms with Crippen molar-refractivity contribution in [1.82, 2.24) is 24.6 Å². The molecule has 0 aliphatic heterocycles. The molecule has 3 aromatic heterocycles. The molecule has 1 saturated carbocycles. The fourth-order valence-electron chi connectivity index (χ4n) is 4.85. The number of rotatable bonds is 3. The Labute approximate surface area is 180 Å². The van der Waals surface area contributed by atoms with Crippen LogP contribution in [0.5, 0.6) is 0 Å². The number of hydrogen-bond donors (Lipinski definition) is 3. The van der Waals surface area contributed by atoms with E-state index in [9.17, 15) is 18.0 Å². The molecule has 0 radical (unpaired) electrons. The van der Waals surface area contributed by atoms with Crippen LogP contribution in [0.2, 0.25) is 0 Å². The predicted molar refractivity (Wildman–Crippen MR) is 111 cm³/mol. The number of fused-ring (bicyclic) bond motifs is 2. The van der Waals surface area contributed by atoms with E-state index in [-0.39, 0.29) is 35.7 Å². The van der Waals surface area contributed by atoms with E-state index < -0.39 is 12.1 Å². The van der Waals surface area contributed by atoms with Crippen LogP contribution in [-0.2, 0) is 4.79 Å². The summed E-state index contributed by atoms with van der Waals surface area (Å²) in [5.41, 5.74) is 13.5. The average Bonchev–Trinajstić information content (AvgIpc) is 3.35. The van der Waals surface area contributed by atoms with Crippen molar-refractivity contribution in [2.45, 2.75) is 50.1 Å². The number of carbonyl (C=O) groups is 1. The molecule has 8 nitrogen and oxygen atoms in total. The van der Waals surface area contributed by atoms with Gasteiger partial charge in [0.2, 0.25) is 5.91 Å². The molecule has 1 atom stereocenters. The largest absolute Gasteiger partial charge is 0.397 e. The molecular weight excluding hydrogens is 423 g/mol. The minimum absolute atomic E-state index is 0.0218. The number of alkyl halides is 3. The highest BCUT2D eigenvalue weighted by Crippen LogP contribution is 2.44. The van der Waals surface area contributed by atoms with Gasteiger partial charge in [-0.05, 0) is 43.7 Å². The Bertz CT molecular complexity index is 1220. The number of imidazole rings is 1. The number of nitrogen functional groups attached to an aromatic ring is 1. The van der Waals surface area contributed by atoms with Crippen LogP contribution in [0.25, 0.3) is 23.0 Å². The fourth-order valence-corrected chi connectivity index (χ4v) is 4.85. The summed E-state index contributed by atoms with van der Waals surface area (Å²) in [5, 5.41) is 4.32. The van der Waals surface area contributed by atoms with Gasteiger partial charge >= 0.3 is 6.18 Å². The fraction of sp³-hybridized carbons (Fsp3) is 0.429. The quantitative estimate of drug-likeness (QED) is 0.568. The van der Waals surface area contributed by atoms with Crippen molar-refractivity contribution in [2.75, 3.05) is 5.73 Å². The maximum atomic E-state index is 13.5. The molecule has 11 heteroatoms. The number of aromatic nitrogens is 5. The molecule has 0 spiro atoms. The van der Waals surface area contributed by atoms with Crippen molar-refractivity contribution < 1.29 is 18.0 Å². The molecule has 0 aromatic carbocycles. The third kappa shape index (κ3) is 3.32. The first kappa shape index (κ1) is 20.5. The summed E-state index contributed by atoms with van der Waals surface area (Å²) in [5.74, 6) is -1.18. The third-order valence-corrected chi connectivity index (χ3v) is 6.53. The van der Waals surface area contributed by atoms with Crippen LogP contribution >= 0.6 is 0 Å². The molecule has 3 aromatic rings. The third-order valence-electron chi connectivity index (χ3n) is 6.53. The van der Waals surface area contributed by atoms with E-state index >= 15 is 0 Å². The van der Waals surface area contributed by atoms with Gasteiger partial charge in [0.15, 0.2) is 5.82 Å². The van der Waals surface area contributed by atoms with Crippen LogP contribution in [0, 0.1) is 5.92 Å². The van der Waals surface area contributed by atoms with Crippen molar-refractivity contribution in [2.24, 2.45) is 11.7 Å². The number of amides is 1. The maximum Gasteiger partial charge on any atom is 0.397 e. The monoisotopic (exact) mass is 445 g/mol. The van der Waals surface area contributed by atoms with Crippen molar-refractivity contribution >= 4 is 23.3 Å². The Morgan fingerprint density at radius 3 is 2.66 bits per heavy atom. The predicted octanol–water partition coefficient (Wildman–Crippen LogP) is 3.52. The number of nitrogens with zero attached hydrogens (tertiary/aromatic N) is 4. The van der Waals surface area contributed by atoms with Crippen molar-refractivity contribution in [3.63, 3.8) is 0 Å². The van der Waals surface area contributed by atoms with Gasteiger partial charge in [0, 0.05) is 17.5 Å². The first-order valence-corrected chi connectivity index (χ1v) is 10.5. The smallest absolute Gasteiger partial charge is 0.382 e. The van der Waals surface area contributed by atoms with Gasteiger partial charge < -0.3 is 16.5 Å². The standard InChI is InChI=1S/C21H22F3N7O/c22-21(23,24)13-3-1-2-12-8-14(29-15(12)13)16-17-18(25)27-9-28-31(17)20(30-16)11-6-4-10(5-7-11)19(26)32/h1-2,8-11,13,29H,3-7H2,(H2,26,32)(H2,25,27,28). The number of carbonyl (C=O) groups excluding carboxylic acids is 1. The highest BCUT2D eigenvalue weighted by atomic mass is 19.4. The van der Waals surface area contributed by atoms with Crippen LogP contribution in [0.15, 0.2) is 18.5 Å². The molecule has 2 aliphatic carbocycles. The Kier molecular flexibility index (Phi) is 4.72. The zero-order valence-corrected chi connectivity index (χ0v) is 17.1. The lowest BCUT2D eigenvalue weighted by Crippen LogP contribution is -2.27. The zero-order valence-electron chi connectivity index (χ0n) is 17.1. The molecule has 3 heterocycles. The minimum Gasteiger partial charge on any atom is -0.382 e. The van der Waals surface area contributed by atoms with E-state index in [0.717, 1.165) is 0 Å². The SMILES string of the molecule is NC(=O)C1CCC(c2nc(-c3cc4c([nH]3)C(C(F)(F)F)CC=C4)c3c(N)ncnn23)CC1. The van der Waals surface area contributed by atoms with Gasteiger partial charge in [-0.25, -0.2) is 14.5 Å². The zero-order chi connectivity index (χ0) is 22.6. The second kappa shape index (κ2) is 7.35. The Hall–Kier alpha value is -3.37. The van der Waals surface area contributed by atoms with E-state index in [1.165, 1.54) is 12.4 Å². The summed E-state index contributed by atoms with van der Waals surface area (Å²) < 4.78 is 42.2. The van der Waals surface area contributed by atoms with E-state index in [1.807, 2.05) is 0 Å². The number of halogens is 3. The number of primary amides is 1. The first-order valence-electron chi connectivity index (χ1n) is 10.5. The maximum absolute atomic E-state index is 13.5. The van der Waals surface area contributed by atoms with Gasteiger partial charge in [0.05, 0.1) is 11.6 Å². The molecule has 1 unspecified atom stereocenters. The Balaban J connectivity index is 1.59. The van der Waals surface area contributed by atoms with Crippen LogP contribution in [-0.4, -0.2) is 36.6 Å². The van der Waals surface area contributed by atoms with Crippen molar-refractivity contribution in [3.8, 4) is 11.4 Å². The average molecular weight is 445 g/mol. The summed E-state index contributed by atoms with van der Waals surface area (Å²) in [6, 6.07) is 1.66. The Morgan fingerprint density at radius 1 is 1.22 bits per heavy atom. The summed E-state index contributed by atoms with van der Waals surface area (Å²) in [6.07, 6.45) is 2.79. The van der Waals surface area contributed by atoms with Crippen molar-refractivity contribution in [1.29, 1.82) is 0 Å². The van der Waals surface area contributed by atoms with Gasteiger partial charge in [0.1, 0.15) is 23.4 Å². The molecule has 5 N–H and O–H groups in total. The van der Waals surface area contributed by atoms with Crippen LogP contribution < -0.4 is 11.5 Å². The van der Waals surface area contributed by atoms with E-state index in [0.29, 0.717) is 54.0 Å². The summed E-state index contributed by atoms with van der Waals surface area (Å²) in [4.78, 5) is 23.3. The number of anilines is 1. The number of allylic oxidation sites excluding steroid dienone is 1. The van der Waals surface area contributed by atoms with E-state index in [4.69, 9.17) is 16.5 Å². The normalized spacial score (nSPS) is 23.4. The molecular formula is C21H22F3N7O. The number of nitrogens with two attached hydrogens (primary N) is 2. The molecule has 32 heavy (non-hydrogen) atoms. The highest BCUT2D eigenvalue weighted by Gasteiger charge is 2.43. The summed E-state index contributed by atoms with van der Waals surface area (Å²) in [6.45, 7) is 0. The number of nitrogens with one attached hydrogen (secondary N) is 1. The van der Waals surface area contributed by atoms with Gasteiger partial charge in [-0.3, -0.25) is 4.79 Å². The number of aromatic amines is 1. The minimum atomic E-state index is -4.36. The summed E-state index contributed by atoms with van der Waals surface area (Å²) in [7, 11) is 0. The highest BCUT2D eigenvalue weighted by molar-refractivity contribution is 5.85. The van der Waals surface area contributed by atoms with Crippen molar-refractivity contribution in [3.05, 3.63) is 35.6 Å². The van der Waals surface area contributed by atoms with E-state index in [1.54, 1.807) is 16.7 Å². The topological polar surface area (TPSA) is 128 Å². The molecule has 1 fully saturated rings. The molecule has 0 saturated heterocycles. The second-order valence-electron chi connectivity index (χ2n) is 8.46. The second-order valence-corrected chi connectivity index (χ2v) is 8.46. The van der Waals surface area contributed by atoms with Gasteiger partial charge in [-0.15, -0.1) is 0 Å². The molecule has 5 rings (SSSR count). The molecule has 168 valence electrons. The number of hydrogen-bond acceptors (Lipinski definition) is 5. The first-order chi connectivity index (χ1) is 15.2.